The fourth-order valence-electron chi connectivity index (χ4n) is 3.02. The first-order valence-corrected chi connectivity index (χ1v) is 7.85. The highest BCUT2D eigenvalue weighted by Gasteiger charge is 2.33. The highest BCUT2D eigenvalue weighted by atomic mass is 16.5. The number of likely N-dealkylation sites (tertiary alicyclic amines) is 1. The first-order chi connectivity index (χ1) is 9.56. The van der Waals surface area contributed by atoms with Crippen LogP contribution in [0.5, 0.6) is 0 Å². The van der Waals surface area contributed by atoms with Gasteiger partial charge in [0.2, 0.25) is 0 Å². The van der Waals surface area contributed by atoms with E-state index in [0.717, 1.165) is 38.3 Å². The van der Waals surface area contributed by atoms with Crippen molar-refractivity contribution in [3.8, 4) is 0 Å². The summed E-state index contributed by atoms with van der Waals surface area (Å²) >= 11 is 0. The lowest BCUT2D eigenvalue weighted by atomic mass is 9.87. The van der Waals surface area contributed by atoms with Gasteiger partial charge in [0.25, 0.3) is 0 Å². The molecule has 112 valence electrons. The van der Waals surface area contributed by atoms with Crippen LogP contribution in [0.4, 0.5) is 0 Å². The van der Waals surface area contributed by atoms with Gasteiger partial charge in [-0.15, -0.1) is 5.10 Å². The van der Waals surface area contributed by atoms with Crippen LogP contribution in [-0.4, -0.2) is 51.7 Å². The summed E-state index contributed by atoms with van der Waals surface area (Å²) in [4.78, 5) is 2.51. The molecule has 2 bridgehead atoms. The summed E-state index contributed by atoms with van der Waals surface area (Å²) in [6.07, 6.45) is 6.61. The molecule has 2 fully saturated rings. The fraction of sp³-hybridized carbons (Fsp3) is 0.867. The second-order valence-electron chi connectivity index (χ2n) is 6.82. The van der Waals surface area contributed by atoms with Crippen molar-refractivity contribution in [1.29, 1.82) is 0 Å². The molecule has 2 unspecified atom stereocenters. The van der Waals surface area contributed by atoms with Gasteiger partial charge in [-0.1, -0.05) is 26.0 Å². The van der Waals surface area contributed by atoms with E-state index in [-0.39, 0.29) is 5.41 Å². The summed E-state index contributed by atoms with van der Waals surface area (Å²) in [5.74, 6) is 0. The number of fused-ring (bicyclic) bond motifs is 2. The fourth-order valence-corrected chi connectivity index (χ4v) is 3.02. The largest absolute Gasteiger partial charge is 0.372 e. The third-order valence-electron chi connectivity index (χ3n) is 4.88. The van der Waals surface area contributed by atoms with E-state index < -0.39 is 0 Å². The lowest BCUT2D eigenvalue weighted by Gasteiger charge is -2.31. The Morgan fingerprint density at radius 3 is 2.60 bits per heavy atom. The summed E-state index contributed by atoms with van der Waals surface area (Å²) in [6.45, 7) is 10.8. The van der Waals surface area contributed by atoms with Gasteiger partial charge in [0.15, 0.2) is 0 Å². The molecule has 0 aromatic carbocycles. The summed E-state index contributed by atoms with van der Waals surface area (Å²) in [5.41, 5.74) is 1.22. The molecule has 20 heavy (non-hydrogen) atoms. The van der Waals surface area contributed by atoms with Crippen LogP contribution in [0.15, 0.2) is 6.20 Å². The van der Waals surface area contributed by atoms with Crippen molar-refractivity contribution in [2.45, 2.75) is 64.2 Å². The predicted molar refractivity (Wildman–Crippen MR) is 77.7 cm³/mol. The molecular formula is C15H26N4O. The Kier molecular flexibility index (Phi) is 3.82. The predicted octanol–water partition coefficient (Wildman–Crippen LogP) is 1.83. The number of ether oxygens (including phenoxy) is 1. The molecule has 0 amide bonds. The third kappa shape index (κ3) is 2.88. The maximum Gasteiger partial charge on any atom is 0.0883 e. The molecular weight excluding hydrogens is 252 g/mol. The van der Waals surface area contributed by atoms with Gasteiger partial charge in [0.05, 0.1) is 24.4 Å². The van der Waals surface area contributed by atoms with Crippen molar-refractivity contribution in [1.82, 2.24) is 19.9 Å². The lowest BCUT2D eigenvalue weighted by Crippen LogP contribution is -2.43. The molecule has 2 saturated heterocycles. The Morgan fingerprint density at radius 2 is 1.95 bits per heavy atom. The van der Waals surface area contributed by atoms with Crippen LogP contribution in [-0.2, 0) is 16.7 Å². The topological polar surface area (TPSA) is 43.2 Å². The van der Waals surface area contributed by atoms with Crippen LogP contribution in [0.1, 0.15) is 45.7 Å². The highest BCUT2D eigenvalue weighted by Crippen LogP contribution is 2.26. The molecule has 0 N–H and O–H groups in total. The van der Waals surface area contributed by atoms with Gasteiger partial charge < -0.3 is 4.74 Å². The summed E-state index contributed by atoms with van der Waals surface area (Å²) < 4.78 is 7.86. The molecule has 1 aromatic heterocycles. The Morgan fingerprint density at radius 1 is 1.25 bits per heavy atom. The van der Waals surface area contributed by atoms with Gasteiger partial charge in [-0.25, -0.2) is 0 Å². The van der Waals surface area contributed by atoms with E-state index in [2.05, 4.69) is 42.2 Å². The Balaban J connectivity index is 1.54. The van der Waals surface area contributed by atoms with Crippen molar-refractivity contribution in [2.24, 2.45) is 0 Å². The van der Waals surface area contributed by atoms with E-state index >= 15 is 0 Å². The first kappa shape index (κ1) is 14.0. The average molecular weight is 278 g/mol. The van der Waals surface area contributed by atoms with Gasteiger partial charge in [0.1, 0.15) is 0 Å². The molecule has 2 aliphatic heterocycles. The van der Waals surface area contributed by atoms with Crippen LogP contribution in [0.2, 0.25) is 0 Å². The van der Waals surface area contributed by atoms with Crippen molar-refractivity contribution < 1.29 is 4.74 Å². The van der Waals surface area contributed by atoms with Gasteiger partial charge in [-0.05, 0) is 19.3 Å². The number of hydrogen-bond acceptors (Lipinski definition) is 4. The molecule has 0 saturated carbocycles. The standard InChI is InChI=1S/C15H26N4O/c1-4-15(2,3)14-11-19(17-16-14)8-7-18-9-12-5-6-13(10-18)20-12/h11-13H,4-10H2,1-3H3. The quantitative estimate of drug-likeness (QED) is 0.824. The van der Waals surface area contributed by atoms with E-state index in [1.807, 2.05) is 4.68 Å². The lowest BCUT2D eigenvalue weighted by molar-refractivity contribution is -0.0392. The zero-order valence-electron chi connectivity index (χ0n) is 12.9. The smallest absolute Gasteiger partial charge is 0.0883 e. The molecule has 1 aromatic rings. The van der Waals surface area contributed by atoms with E-state index in [4.69, 9.17) is 4.74 Å². The summed E-state index contributed by atoms with van der Waals surface area (Å²) in [6, 6.07) is 0. The Labute approximate surface area is 121 Å². The minimum atomic E-state index is 0.121. The highest BCUT2D eigenvalue weighted by molar-refractivity contribution is 5.07. The number of nitrogens with zero attached hydrogens (tertiary/aromatic N) is 4. The zero-order valence-corrected chi connectivity index (χ0v) is 12.9. The molecule has 0 aliphatic carbocycles. The normalized spacial score (nSPS) is 27.1. The molecule has 2 atom stereocenters. The Hall–Kier alpha value is -0.940. The summed E-state index contributed by atoms with van der Waals surface area (Å²) in [5, 5.41) is 8.61. The number of morpholine rings is 1. The van der Waals surface area contributed by atoms with E-state index in [1.54, 1.807) is 0 Å². The van der Waals surface area contributed by atoms with E-state index in [0.29, 0.717) is 12.2 Å². The zero-order chi connectivity index (χ0) is 14.2. The van der Waals surface area contributed by atoms with Gasteiger partial charge in [-0.2, -0.15) is 0 Å². The van der Waals surface area contributed by atoms with Crippen LogP contribution >= 0.6 is 0 Å². The van der Waals surface area contributed by atoms with Crippen molar-refractivity contribution in [2.75, 3.05) is 19.6 Å². The van der Waals surface area contributed by atoms with Crippen LogP contribution < -0.4 is 0 Å². The van der Waals surface area contributed by atoms with Crippen LogP contribution in [0.25, 0.3) is 0 Å². The SMILES string of the molecule is CCC(C)(C)c1cn(CCN2CC3CCC(C2)O3)nn1. The number of hydrogen-bond donors (Lipinski definition) is 0. The second-order valence-corrected chi connectivity index (χ2v) is 6.82. The van der Waals surface area contributed by atoms with E-state index in [9.17, 15) is 0 Å². The minimum Gasteiger partial charge on any atom is -0.372 e. The maximum atomic E-state index is 5.87. The second kappa shape index (κ2) is 5.45. The third-order valence-corrected chi connectivity index (χ3v) is 4.88. The Bertz CT molecular complexity index is 444. The van der Waals surface area contributed by atoms with Gasteiger partial charge in [-0.3, -0.25) is 9.58 Å². The monoisotopic (exact) mass is 278 g/mol. The molecule has 5 nitrogen and oxygen atoms in total. The van der Waals surface area contributed by atoms with Crippen LogP contribution in [0.3, 0.4) is 0 Å². The molecule has 0 radical (unpaired) electrons. The average Bonchev–Trinajstić information content (AvgIpc) is 3.04. The summed E-state index contributed by atoms with van der Waals surface area (Å²) in [7, 11) is 0. The molecule has 0 spiro atoms. The minimum absolute atomic E-state index is 0.121. The number of rotatable bonds is 5. The van der Waals surface area contributed by atoms with Crippen LogP contribution in [0, 0.1) is 0 Å². The molecule has 5 heteroatoms. The van der Waals surface area contributed by atoms with Crippen molar-refractivity contribution in [3.63, 3.8) is 0 Å². The van der Waals surface area contributed by atoms with Gasteiger partial charge >= 0.3 is 0 Å². The molecule has 3 rings (SSSR count). The van der Waals surface area contributed by atoms with E-state index in [1.165, 1.54) is 12.8 Å². The van der Waals surface area contributed by atoms with Crippen molar-refractivity contribution in [3.05, 3.63) is 11.9 Å². The first-order valence-electron chi connectivity index (χ1n) is 7.85. The molecule has 2 aliphatic rings. The maximum absolute atomic E-state index is 5.87. The molecule has 3 heterocycles. The number of aromatic nitrogens is 3. The van der Waals surface area contributed by atoms with Crippen molar-refractivity contribution >= 4 is 0 Å². The van der Waals surface area contributed by atoms with Gasteiger partial charge in [0, 0.05) is 31.2 Å².